The van der Waals surface area contributed by atoms with Gasteiger partial charge in [0, 0.05) is 24.6 Å². The molecule has 0 amide bonds. The maximum atomic E-state index is 12.9. The third-order valence-corrected chi connectivity index (χ3v) is 3.97. The average molecular weight is 375 g/mol. The van der Waals surface area contributed by atoms with Crippen LogP contribution in [-0.2, 0) is 13.2 Å². The maximum Gasteiger partial charge on any atom is 0.431 e. The van der Waals surface area contributed by atoms with Crippen LogP contribution in [-0.4, -0.2) is 16.2 Å². The molecule has 10 heteroatoms. The predicted molar refractivity (Wildman–Crippen MR) is 83.6 cm³/mol. The number of alkyl halides is 3. The van der Waals surface area contributed by atoms with Crippen molar-refractivity contribution >= 4 is 22.6 Å². The molecule has 0 spiro atoms. The van der Waals surface area contributed by atoms with E-state index >= 15 is 0 Å². The minimum absolute atomic E-state index is 0.00992. The summed E-state index contributed by atoms with van der Waals surface area (Å²) in [5.74, 6) is 0.258. The van der Waals surface area contributed by atoms with Crippen LogP contribution in [0.4, 0.5) is 13.2 Å². The Labute approximate surface area is 142 Å². The van der Waals surface area contributed by atoms with Gasteiger partial charge in [-0.2, -0.15) is 13.2 Å². The number of aromatic nitrogens is 2. The molecule has 132 valence electrons. The zero-order valence-corrected chi connectivity index (χ0v) is 13.6. The van der Waals surface area contributed by atoms with Crippen LogP contribution >= 0.6 is 11.6 Å². The Kier molecular flexibility index (Phi) is 3.91. The van der Waals surface area contributed by atoms with E-state index in [1.54, 1.807) is 0 Å². The summed E-state index contributed by atoms with van der Waals surface area (Å²) >= 11 is 5.97. The highest BCUT2D eigenvalue weighted by Gasteiger charge is 2.35. The van der Waals surface area contributed by atoms with Crippen molar-refractivity contribution in [1.82, 2.24) is 9.13 Å². The Morgan fingerprint density at radius 3 is 2.48 bits per heavy atom. The number of rotatable bonds is 2. The van der Waals surface area contributed by atoms with E-state index in [0.29, 0.717) is 20.6 Å². The molecule has 0 aliphatic heterocycles. The first kappa shape index (κ1) is 17.2. The van der Waals surface area contributed by atoms with E-state index < -0.39 is 23.1 Å². The molecule has 6 nitrogen and oxygen atoms in total. The summed E-state index contributed by atoms with van der Waals surface area (Å²) < 4.78 is 50.0. The summed E-state index contributed by atoms with van der Waals surface area (Å²) in [6, 6.07) is 3.20. The highest BCUT2D eigenvalue weighted by molar-refractivity contribution is 6.32. The van der Waals surface area contributed by atoms with Crippen molar-refractivity contribution in [3.63, 3.8) is 0 Å². The number of fused-ring (bicyclic) bond motifs is 1. The molecule has 0 atom stereocenters. The number of hydrogen-bond donors (Lipinski definition) is 0. The summed E-state index contributed by atoms with van der Waals surface area (Å²) in [6.45, 7) is 0. The summed E-state index contributed by atoms with van der Waals surface area (Å²) in [4.78, 5) is 24.5. The number of furan rings is 1. The molecule has 0 aliphatic rings. The Balaban J connectivity index is 2.35. The molecule has 0 unspecified atom stereocenters. The van der Waals surface area contributed by atoms with Gasteiger partial charge in [-0.3, -0.25) is 9.36 Å². The summed E-state index contributed by atoms with van der Waals surface area (Å²) in [7, 11) is 2.30. The van der Waals surface area contributed by atoms with E-state index in [-0.39, 0.29) is 22.0 Å². The second kappa shape index (κ2) is 5.69. The molecule has 3 rings (SSSR count). The van der Waals surface area contributed by atoms with Crippen molar-refractivity contribution in [2.24, 2.45) is 7.05 Å². The molecule has 3 aromatic rings. The molecule has 0 aliphatic carbocycles. The monoisotopic (exact) mass is 374 g/mol. The van der Waals surface area contributed by atoms with Gasteiger partial charge >= 0.3 is 11.9 Å². The molecule has 0 radical (unpaired) electrons. The zero-order chi connectivity index (χ0) is 18.5. The fraction of sp³-hybridized carbons (Fsp3) is 0.200. The Morgan fingerprint density at radius 1 is 1.20 bits per heavy atom. The van der Waals surface area contributed by atoms with Gasteiger partial charge in [0.05, 0.1) is 12.1 Å². The van der Waals surface area contributed by atoms with E-state index in [9.17, 15) is 22.8 Å². The molecular weight excluding hydrogens is 365 g/mol. The SMILES string of the molecule is COc1cc2c(-n3c(=O)cc(C(F)(F)F)n(C)c3=O)coc2cc1Cl. The van der Waals surface area contributed by atoms with Crippen LogP contribution in [0.25, 0.3) is 16.7 Å². The highest BCUT2D eigenvalue weighted by Crippen LogP contribution is 2.33. The number of halogens is 4. The second-order valence-electron chi connectivity index (χ2n) is 5.15. The van der Waals surface area contributed by atoms with Crippen LogP contribution in [0.5, 0.6) is 5.75 Å². The smallest absolute Gasteiger partial charge is 0.431 e. The van der Waals surface area contributed by atoms with Crippen LogP contribution in [0.2, 0.25) is 5.02 Å². The summed E-state index contributed by atoms with van der Waals surface area (Å²) in [5, 5.41) is 0.531. The second-order valence-corrected chi connectivity index (χ2v) is 5.55. The largest absolute Gasteiger partial charge is 0.495 e. The first-order valence-electron chi connectivity index (χ1n) is 6.80. The molecule has 0 N–H and O–H groups in total. The lowest BCUT2D eigenvalue weighted by atomic mass is 10.2. The maximum absolute atomic E-state index is 12.9. The molecule has 0 saturated heterocycles. The Hall–Kier alpha value is -2.68. The number of methoxy groups -OCH3 is 1. The van der Waals surface area contributed by atoms with Crippen molar-refractivity contribution < 1.29 is 22.3 Å². The van der Waals surface area contributed by atoms with Crippen molar-refractivity contribution in [2.75, 3.05) is 7.11 Å². The average Bonchev–Trinajstić information content (AvgIpc) is 2.91. The standard InChI is InChI=1S/C15H10ClF3N2O4/c1-20-12(15(17,18)19)5-13(22)21(14(20)23)9-6-25-10-4-8(16)11(24-2)3-7(9)10/h3-6H,1-2H3. The van der Waals surface area contributed by atoms with Gasteiger partial charge in [-0.05, 0) is 6.07 Å². The van der Waals surface area contributed by atoms with Gasteiger partial charge in [0.15, 0.2) is 0 Å². The Bertz CT molecular complexity index is 1100. The molecule has 2 heterocycles. The summed E-state index contributed by atoms with van der Waals surface area (Å²) in [5.41, 5.74) is -3.39. The topological polar surface area (TPSA) is 66.4 Å². The third kappa shape index (κ3) is 2.70. The fourth-order valence-corrected chi connectivity index (χ4v) is 2.70. The van der Waals surface area contributed by atoms with E-state index in [4.69, 9.17) is 20.8 Å². The van der Waals surface area contributed by atoms with Crippen LogP contribution < -0.4 is 16.0 Å². The van der Waals surface area contributed by atoms with E-state index in [1.165, 1.54) is 19.2 Å². The van der Waals surface area contributed by atoms with Gasteiger partial charge in [0.25, 0.3) is 5.56 Å². The number of ether oxygens (including phenoxy) is 1. The van der Waals surface area contributed by atoms with Gasteiger partial charge in [0.1, 0.15) is 29.0 Å². The molecular formula is C15H10ClF3N2O4. The van der Waals surface area contributed by atoms with E-state index in [1.807, 2.05) is 0 Å². The minimum atomic E-state index is -4.83. The molecule has 0 fully saturated rings. The van der Waals surface area contributed by atoms with Crippen molar-refractivity contribution in [3.8, 4) is 11.4 Å². The first-order chi connectivity index (χ1) is 11.6. The van der Waals surface area contributed by atoms with Crippen molar-refractivity contribution in [3.05, 3.63) is 56.0 Å². The lowest BCUT2D eigenvalue weighted by molar-refractivity contribution is -0.144. The van der Waals surface area contributed by atoms with Gasteiger partial charge in [0.2, 0.25) is 0 Å². The van der Waals surface area contributed by atoms with Crippen molar-refractivity contribution in [2.45, 2.75) is 6.18 Å². The fourth-order valence-electron chi connectivity index (χ4n) is 2.46. The molecule has 0 bridgehead atoms. The number of hydrogen-bond acceptors (Lipinski definition) is 4. The lowest BCUT2D eigenvalue weighted by Gasteiger charge is -2.13. The number of benzene rings is 1. The molecule has 2 aromatic heterocycles. The van der Waals surface area contributed by atoms with E-state index in [2.05, 4.69) is 0 Å². The molecule has 25 heavy (non-hydrogen) atoms. The zero-order valence-electron chi connectivity index (χ0n) is 12.8. The quantitative estimate of drug-likeness (QED) is 0.691. The van der Waals surface area contributed by atoms with Gasteiger partial charge in [-0.15, -0.1) is 0 Å². The third-order valence-electron chi connectivity index (χ3n) is 3.68. The van der Waals surface area contributed by atoms with E-state index in [0.717, 1.165) is 13.3 Å². The minimum Gasteiger partial charge on any atom is -0.495 e. The van der Waals surface area contributed by atoms with Crippen LogP contribution in [0.1, 0.15) is 5.69 Å². The van der Waals surface area contributed by atoms with Crippen molar-refractivity contribution in [1.29, 1.82) is 0 Å². The normalized spacial score (nSPS) is 11.9. The van der Waals surface area contributed by atoms with Crippen LogP contribution in [0, 0.1) is 0 Å². The first-order valence-corrected chi connectivity index (χ1v) is 7.18. The van der Waals surface area contributed by atoms with Crippen LogP contribution in [0.3, 0.4) is 0 Å². The van der Waals surface area contributed by atoms with Gasteiger partial charge < -0.3 is 9.15 Å². The Morgan fingerprint density at radius 2 is 1.88 bits per heavy atom. The predicted octanol–water partition coefficient (Wildman–Crippen LogP) is 2.96. The summed E-state index contributed by atoms with van der Waals surface area (Å²) in [6.07, 6.45) is -3.74. The highest BCUT2D eigenvalue weighted by atomic mass is 35.5. The van der Waals surface area contributed by atoms with Gasteiger partial charge in [-0.25, -0.2) is 9.36 Å². The molecule has 0 saturated carbocycles. The van der Waals surface area contributed by atoms with Gasteiger partial charge in [-0.1, -0.05) is 11.6 Å². The molecule has 1 aromatic carbocycles. The van der Waals surface area contributed by atoms with Crippen LogP contribution in [0.15, 0.2) is 38.5 Å². The number of nitrogens with zero attached hydrogens (tertiary/aromatic N) is 2. The lowest BCUT2D eigenvalue weighted by Crippen LogP contribution is -2.40.